The van der Waals surface area contributed by atoms with E-state index < -0.39 is 0 Å². The molecule has 1 fully saturated rings. The first-order valence-corrected chi connectivity index (χ1v) is 6.30. The van der Waals surface area contributed by atoms with Crippen molar-refractivity contribution in [3.63, 3.8) is 0 Å². The van der Waals surface area contributed by atoms with Crippen molar-refractivity contribution < 1.29 is 0 Å². The maximum absolute atomic E-state index is 3.56. The fourth-order valence-electron chi connectivity index (χ4n) is 2.38. The zero-order chi connectivity index (χ0) is 11.4. The molecule has 2 rings (SSSR count). The van der Waals surface area contributed by atoms with Crippen molar-refractivity contribution in [2.75, 3.05) is 11.9 Å². The molecule has 0 spiro atoms. The van der Waals surface area contributed by atoms with Crippen LogP contribution in [-0.4, -0.2) is 18.6 Å². The average Bonchev–Trinajstić information content (AvgIpc) is 2.74. The quantitative estimate of drug-likeness (QED) is 0.812. The van der Waals surface area contributed by atoms with Gasteiger partial charge in [-0.15, -0.1) is 0 Å². The van der Waals surface area contributed by atoms with Gasteiger partial charge in [0.1, 0.15) is 0 Å². The molecule has 2 N–H and O–H groups in total. The maximum Gasteiger partial charge on any atom is 0.0342 e. The topological polar surface area (TPSA) is 24.1 Å². The summed E-state index contributed by atoms with van der Waals surface area (Å²) in [5, 5.41) is 7.10. The Bertz CT molecular complexity index is 312. The van der Waals surface area contributed by atoms with Crippen molar-refractivity contribution in [3.05, 3.63) is 29.8 Å². The average molecular weight is 218 g/mol. The zero-order valence-corrected chi connectivity index (χ0v) is 10.3. The highest BCUT2D eigenvalue weighted by Gasteiger charge is 2.16. The minimum Gasteiger partial charge on any atom is -0.383 e. The van der Waals surface area contributed by atoms with Crippen molar-refractivity contribution >= 4 is 5.69 Å². The molecule has 0 amide bonds. The van der Waals surface area contributed by atoms with Crippen LogP contribution in [-0.2, 0) is 0 Å². The second kappa shape index (κ2) is 5.35. The van der Waals surface area contributed by atoms with E-state index in [9.17, 15) is 0 Å². The Balaban J connectivity index is 1.81. The Morgan fingerprint density at radius 3 is 2.75 bits per heavy atom. The number of hydrogen-bond donors (Lipinski definition) is 2. The Morgan fingerprint density at radius 1 is 1.38 bits per heavy atom. The standard InChI is InChI=1S/C14H22N2/c1-11-5-7-13(8-6-11)16-12(2)10-14-4-3-9-15-14/h5-8,12,14-16H,3-4,9-10H2,1-2H3. The Hall–Kier alpha value is -1.02. The van der Waals surface area contributed by atoms with Gasteiger partial charge in [-0.05, 0) is 51.8 Å². The molecule has 1 aromatic carbocycles. The Kier molecular flexibility index (Phi) is 3.83. The number of nitrogens with one attached hydrogen (secondary N) is 2. The van der Waals surface area contributed by atoms with E-state index >= 15 is 0 Å². The molecule has 16 heavy (non-hydrogen) atoms. The van der Waals surface area contributed by atoms with Gasteiger partial charge < -0.3 is 10.6 Å². The summed E-state index contributed by atoms with van der Waals surface area (Å²) in [7, 11) is 0. The minimum absolute atomic E-state index is 0.540. The van der Waals surface area contributed by atoms with Gasteiger partial charge in [0.25, 0.3) is 0 Å². The van der Waals surface area contributed by atoms with E-state index in [1.165, 1.54) is 37.1 Å². The molecule has 2 unspecified atom stereocenters. The van der Waals surface area contributed by atoms with E-state index in [0.29, 0.717) is 12.1 Å². The fraction of sp³-hybridized carbons (Fsp3) is 0.571. The van der Waals surface area contributed by atoms with Crippen LogP contribution in [0.3, 0.4) is 0 Å². The summed E-state index contributed by atoms with van der Waals surface area (Å²) in [6, 6.07) is 9.89. The normalized spacial score (nSPS) is 22.0. The molecule has 0 aliphatic carbocycles. The zero-order valence-electron chi connectivity index (χ0n) is 10.3. The molecule has 88 valence electrons. The molecular formula is C14H22N2. The molecule has 1 aliphatic heterocycles. The first-order valence-electron chi connectivity index (χ1n) is 6.30. The molecule has 0 radical (unpaired) electrons. The largest absolute Gasteiger partial charge is 0.383 e. The van der Waals surface area contributed by atoms with Crippen molar-refractivity contribution in [2.45, 2.75) is 45.2 Å². The summed E-state index contributed by atoms with van der Waals surface area (Å²) >= 11 is 0. The predicted octanol–water partition coefficient (Wildman–Crippen LogP) is 2.94. The number of anilines is 1. The van der Waals surface area contributed by atoms with Gasteiger partial charge in [0, 0.05) is 17.8 Å². The molecule has 1 heterocycles. The monoisotopic (exact) mass is 218 g/mol. The second-order valence-corrected chi connectivity index (χ2v) is 4.94. The third-order valence-corrected chi connectivity index (χ3v) is 3.27. The number of hydrogen-bond acceptors (Lipinski definition) is 2. The third kappa shape index (κ3) is 3.24. The summed E-state index contributed by atoms with van der Waals surface area (Å²) < 4.78 is 0. The van der Waals surface area contributed by atoms with Gasteiger partial charge in [0.2, 0.25) is 0 Å². The summed E-state index contributed by atoms with van der Waals surface area (Å²) in [4.78, 5) is 0. The minimum atomic E-state index is 0.540. The van der Waals surface area contributed by atoms with Gasteiger partial charge >= 0.3 is 0 Å². The van der Waals surface area contributed by atoms with E-state index in [0.717, 1.165) is 0 Å². The van der Waals surface area contributed by atoms with Crippen molar-refractivity contribution in [3.8, 4) is 0 Å². The van der Waals surface area contributed by atoms with Crippen LogP contribution in [0.25, 0.3) is 0 Å². The van der Waals surface area contributed by atoms with Crippen molar-refractivity contribution in [1.29, 1.82) is 0 Å². The van der Waals surface area contributed by atoms with Crippen LogP contribution in [0.5, 0.6) is 0 Å². The van der Waals surface area contributed by atoms with Crippen LogP contribution >= 0.6 is 0 Å². The molecule has 2 nitrogen and oxygen atoms in total. The number of aryl methyl sites for hydroxylation is 1. The molecule has 1 aliphatic rings. The maximum atomic E-state index is 3.56. The third-order valence-electron chi connectivity index (χ3n) is 3.27. The molecule has 0 bridgehead atoms. The SMILES string of the molecule is Cc1ccc(NC(C)CC2CCCN2)cc1. The van der Waals surface area contributed by atoms with E-state index in [1.54, 1.807) is 0 Å². The van der Waals surface area contributed by atoms with Gasteiger partial charge in [0.15, 0.2) is 0 Å². The van der Waals surface area contributed by atoms with Crippen LogP contribution in [0, 0.1) is 6.92 Å². The summed E-state index contributed by atoms with van der Waals surface area (Å²) in [6.07, 6.45) is 3.88. The summed E-state index contributed by atoms with van der Waals surface area (Å²) in [5.41, 5.74) is 2.55. The van der Waals surface area contributed by atoms with Crippen LogP contribution in [0.15, 0.2) is 24.3 Å². The second-order valence-electron chi connectivity index (χ2n) is 4.94. The first kappa shape index (κ1) is 11.5. The lowest BCUT2D eigenvalue weighted by molar-refractivity contribution is 0.523. The molecule has 2 atom stereocenters. The number of benzene rings is 1. The number of rotatable bonds is 4. The lowest BCUT2D eigenvalue weighted by Crippen LogP contribution is -2.29. The first-order chi connectivity index (χ1) is 7.74. The van der Waals surface area contributed by atoms with E-state index in [2.05, 4.69) is 48.7 Å². The van der Waals surface area contributed by atoms with E-state index in [4.69, 9.17) is 0 Å². The van der Waals surface area contributed by atoms with E-state index in [-0.39, 0.29) is 0 Å². The van der Waals surface area contributed by atoms with E-state index in [1.807, 2.05) is 0 Å². The van der Waals surface area contributed by atoms with Crippen molar-refractivity contribution in [1.82, 2.24) is 5.32 Å². The van der Waals surface area contributed by atoms with Gasteiger partial charge in [-0.1, -0.05) is 17.7 Å². The summed E-state index contributed by atoms with van der Waals surface area (Å²) in [5.74, 6) is 0. The lowest BCUT2D eigenvalue weighted by atomic mass is 10.1. The Morgan fingerprint density at radius 2 is 2.12 bits per heavy atom. The summed E-state index contributed by atoms with van der Waals surface area (Å²) in [6.45, 7) is 5.58. The lowest BCUT2D eigenvalue weighted by Gasteiger charge is -2.19. The molecule has 1 saturated heterocycles. The van der Waals surface area contributed by atoms with Gasteiger partial charge in [-0.2, -0.15) is 0 Å². The smallest absolute Gasteiger partial charge is 0.0342 e. The highest BCUT2D eigenvalue weighted by Crippen LogP contribution is 2.15. The highest BCUT2D eigenvalue weighted by molar-refractivity contribution is 5.45. The van der Waals surface area contributed by atoms with Gasteiger partial charge in [-0.3, -0.25) is 0 Å². The molecule has 2 heteroatoms. The van der Waals surface area contributed by atoms with Crippen molar-refractivity contribution in [2.24, 2.45) is 0 Å². The molecular weight excluding hydrogens is 196 g/mol. The van der Waals surface area contributed by atoms with Crippen LogP contribution in [0.1, 0.15) is 31.7 Å². The van der Waals surface area contributed by atoms with Crippen LogP contribution in [0.4, 0.5) is 5.69 Å². The van der Waals surface area contributed by atoms with Crippen LogP contribution < -0.4 is 10.6 Å². The molecule has 1 aromatic rings. The molecule has 0 aromatic heterocycles. The molecule has 0 saturated carbocycles. The highest BCUT2D eigenvalue weighted by atomic mass is 15.0. The van der Waals surface area contributed by atoms with Crippen LogP contribution in [0.2, 0.25) is 0 Å². The fourth-order valence-corrected chi connectivity index (χ4v) is 2.38. The van der Waals surface area contributed by atoms with Gasteiger partial charge in [-0.25, -0.2) is 0 Å². The van der Waals surface area contributed by atoms with Gasteiger partial charge in [0.05, 0.1) is 0 Å². The predicted molar refractivity (Wildman–Crippen MR) is 69.9 cm³/mol. The Labute approximate surface area is 98.4 Å².